The summed E-state index contributed by atoms with van der Waals surface area (Å²) < 4.78 is 5.75. The maximum atomic E-state index is 12.2. The second-order valence-corrected chi connectivity index (χ2v) is 11.3. The van der Waals surface area contributed by atoms with Crippen molar-refractivity contribution in [3.8, 4) is 0 Å². The second kappa shape index (κ2) is 31.7. The lowest BCUT2D eigenvalue weighted by molar-refractivity contribution is -0.149. The van der Waals surface area contributed by atoms with E-state index in [4.69, 9.17) is 9.84 Å². The van der Waals surface area contributed by atoms with E-state index in [0.29, 0.717) is 12.8 Å². The zero-order valence-electron chi connectivity index (χ0n) is 26.4. The molecule has 0 aliphatic carbocycles. The number of carbonyl (C=O) groups is 2. The first kappa shape index (κ1) is 38.2. The van der Waals surface area contributed by atoms with Gasteiger partial charge in [0.15, 0.2) is 0 Å². The molecule has 4 nitrogen and oxygen atoms in total. The van der Waals surface area contributed by atoms with Crippen molar-refractivity contribution in [2.75, 3.05) is 0 Å². The Labute approximate surface area is 248 Å². The molecule has 0 aliphatic heterocycles. The number of carbonyl (C=O) groups excluding carboxylic acids is 1. The molecule has 4 heteroatoms. The predicted molar refractivity (Wildman–Crippen MR) is 172 cm³/mol. The van der Waals surface area contributed by atoms with Crippen LogP contribution in [-0.2, 0) is 14.3 Å². The van der Waals surface area contributed by atoms with Gasteiger partial charge in [-0.1, -0.05) is 134 Å². The molecule has 0 bridgehead atoms. The lowest BCUT2D eigenvalue weighted by Gasteiger charge is -2.16. The Morgan fingerprint density at radius 3 is 1.55 bits per heavy atom. The van der Waals surface area contributed by atoms with Crippen molar-refractivity contribution in [1.82, 2.24) is 0 Å². The highest BCUT2D eigenvalue weighted by atomic mass is 16.5. The molecule has 0 aromatic rings. The van der Waals surface area contributed by atoms with Crippen LogP contribution in [-0.4, -0.2) is 23.1 Å². The van der Waals surface area contributed by atoms with E-state index in [1.54, 1.807) is 0 Å². The Balaban J connectivity index is 3.50. The maximum absolute atomic E-state index is 12.2. The zero-order chi connectivity index (χ0) is 29.4. The van der Waals surface area contributed by atoms with Gasteiger partial charge in [-0.25, -0.2) is 0 Å². The zero-order valence-corrected chi connectivity index (χ0v) is 26.4. The van der Waals surface area contributed by atoms with Gasteiger partial charge in [-0.05, 0) is 64.2 Å². The summed E-state index contributed by atoms with van der Waals surface area (Å²) >= 11 is 0. The molecule has 0 spiro atoms. The first-order valence-corrected chi connectivity index (χ1v) is 17.0. The van der Waals surface area contributed by atoms with Gasteiger partial charge in [0.2, 0.25) is 0 Å². The van der Waals surface area contributed by atoms with Crippen molar-refractivity contribution in [3.63, 3.8) is 0 Å². The van der Waals surface area contributed by atoms with E-state index in [1.807, 2.05) is 0 Å². The van der Waals surface area contributed by atoms with Crippen LogP contribution in [0.3, 0.4) is 0 Å². The Kier molecular flexibility index (Phi) is 30.2. The number of hydrogen-bond donors (Lipinski definition) is 1. The van der Waals surface area contributed by atoms with Crippen LogP contribution in [0.1, 0.15) is 174 Å². The molecule has 232 valence electrons. The first-order chi connectivity index (χ1) is 19.6. The van der Waals surface area contributed by atoms with Crippen molar-refractivity contribution in [2.24, 2.45) is 0 Å². The number of carboxylic acids is 1. The predicted octanol–water partition coefficient (Wildman–Crippen LogP) is 11.4. The number of aliphatic carboxylic acids is 1. The standard InChI is InChI=1S/C36H64O4/c1-3-5-6-7-8-9-10-11-12-13-18-21-24-27-30-33-36(39)40-34(4-2)31-28-25-22-19-16-14-15-17-20-23-26-29-32-35(37)38/h5-6,8-9,11-12,34H,3-4,7,10,13-33H2,1-2H3,(H,37,38)/b6-5-,9-8-,12-11-. The Bertz CT molecular complexity index is 649. The number of rotatable bonds is 30. The monoisotopic (exact) mass is 560 g/mol. The number of carboxylic acid groups (broad SMARTS) is 1. The van der Waals surface area contributed by atoms with E-state index in [-0.39, 0.29) is 12.1 Å². The lowest BCUT2D eigenvalue weighted by Crippen LogP contribution is -2.17. The van der Waals surface area contributed by atoms with Crippen LogP contribution in [0.5, 0.6) is 0 Å². The molecule has 40 heavy (non-hydrogen) atoms. The number of hydrogen-bond acceptors (Lipinski definition) is 3. The summed E-state index contributed by atoms with van der Waals surface area (Å²) in [5.74, 6) is -0.678. The molecule has 1 unspecified atom stereocenters. The fourth-order valence-electron chi connectivity index (χ4n) is 4.90. The van der Waals surface area contributed by atoms with E-state index in [1.165, 1.54) is 77.0 Å². The minimum atomic E-state index is -0.673. The topological polar surface area (TPSA) is 63.6 Å². The highest BCUT2D eigenvalue weighted by Crippen LogP contribution is 2.16. The van der Waals surface area contributed by atoms with Gasteiger partial charge < -0.3 is 9.84 Å². The molecule has 0 fully saturated rings. The van der Waals surface area contributed by atoms with Gasteiger partial charge in [0.1, 0.15) is 6.10 Å². The minimum Gasteiger partial charge on any atom is -0.481 e. The SMILES string of the molecule is CC/C=C\C/C=C\C/C=C\CCCCCCCC(=O)OC(CC)CCCCCCCCCCCCCCC(=O)O. The molecule has 0 saturated heterocycles. The summed E-state index contributed by atoms with van der Waals surface area (Å²) in [5.41, 5.74) is 0. The molecule has 0 aliphatic rings. The molecule has 0 radical (unpaired) electrons. The van der Waals surface area contributed by atoms with Gasteiger partial charge in [0.25, 0.3) is 0 Å². The summed E-state index contributed by atoms with van der Waals surface area (Å²) in [4.78, 5) is 22.7. The van der Waals surface area contributed by atoms with Gasteiger partial charge in [0, 0.05) is 12.8 Å². The van der Waals surface area contributed by atoms with Crippen molar-refractivity contribution in [3.05, 3.63) is 36.5 Å². The van der Waals surface area contributed by atoms with Gasteiger partial charge >= 0.3 is 11.9 Å². The fraction of sp³-hybridized carbons (Fsp3) is 0.778. The molecule has 1 N–H and O–H groups in total. The largest absolute Gasteiger partial charge is 0.481 e. The van der Waals surface area contributed by atoms with Gasteiger partial charge in [0.05, 0.1) is 0 Å². The second-order valence-electron chi connectivity index (χ2n) is 11.3. The average molecular weight is 561 g/mol. The fourth-order valence-corrected chi connectivity index (χ4v) is 4.90. The van der Waals surface area contributed by atoms with Crippen LogP contribution < -0.4 is 0 Å². The Hall–Kier alpha value is -1.84. The van der Waals surface area contributed by atoms with Crippen molar-refractivity contribution in [1.29, 1.82) is 0 Å². The molecule has 0 aromatic heterocycles. The molecule has 0 heterocycles. The summed E-state index contributed by atoms with van der Waals surface area (Å²) in [6, 6.07) is 0. The first-order valence-electron chi connectivity index (χ1n) is 17.0. The smallest absolute Gasteiger partial charge is 0.306 e. The van der Waals surface area contributed by atoms with Crippen LogP contribution in [0.25, 0.3) is 0 Å². The van der Waals surface area contributed by atoms with Crippen LogP contribution in [0, 0.1) is 0 Å². The van der Waals surface area contributed by atoms with Crippen molar-refractivity contribution >= 4 is 11.9 Å². The minimum absolute atomic E-state index is 0.00471. The van der Waals surface area contributed by atoms with E-state index in [2.05, 4.69) is 50.3 Å². The average Bonchev–Trinajstić information content (AvgIpc) is 2.94. The van der Waals surface area contributed by atoms with Gasteiger partial charge in [-0.15, -0.1) is 0 Å². The Morgan fingerprint density at radius 1 is 0.575 bits per heavy atom. The van der Waals surface area contributed by atoms with E-state index >= 15 is 0 Å². The summed E-state index contributed by atoms with van der Waals surface area (Å²) in [6.45, 7) is 4.29. The van der Waals surface area contributed by atoms with Crippen molar-refractivity contribution in [2.45, 2.75) is 180 Å². The number of esters is 1. The third-order valence-electron chi connectivity index (χ3n) is 7.45. The van der Waals surface area contributed by atoms with E-state index < -0.39 is 5.97 Å². The highest BCUT2D eigenvalue weighted by Gasteiger charge is 2.12. The number of unbranched alkanes of at least 4 members (excludes halogenated alkanes) is 16. The molecule has 0 saturated carbocycles. The quantitative estimate of drug-likeness (QED) is 0.0539. The van der Waals surface area contributed by atoms with Crippen LogP contribution >= 0.6 is 0 Å². The van der Waals surface area contributed by atoms with E-state index in [9.17, 15) is 9.59 Å². The molecule has 0 rings (SSSR count). The number of ether oxygens (including phenoxy) is 1. The molecule has 0 amide bonds. The summed E-state index contributed by atoms with van der Waals surface area (Å²) in [5, 5.41) is 8.64. The van der Waals surface area contributed by atoms with Crippen LogP contribution in [0.15, 0.2) is 36.5 Å². The lowest BCUT2D eigenvalue weighted by atomic mass is 10.0. The van der Waals surface area contributed by atoms with Crippen molar-refractivity contribution < 1.29 is 19.4 Å². The van der Waals surface area contributed by atoms with Gasteiger partial charge in [-0.3, -0.25) is 9.59 Å². The highest BCUT2D eigenvalue weighted by molar-refractivity contribution is 5.69. The van der Waals surface area contributed by atoms with Gasteiger partial charge in [-0.2, -0.15) is 0 Å². The normalized spacial score (nSPS) is 12.7. The summed E-state index contributed by atoms with van der Waals surface area (Å²) in [6.07, 6.45) is 40.9. The third kappa shape index (κ3) is 30.7. The molecular weight excluding hydrogens is 496 g/mol. The molecular formula is C36H64O4. The molecule has 0 aromatic carbocycles. The van der Waals surface area contributed by atoms with Crippen LogP contribution in [0.2, 0.25) is 0 Å². The van der Waals surface area contributed by atoms with E-state index in [0.717, 1.165) is 70.6 Å². The molecule has 1 atom stereocenters. The van der Waals surface area contributed by atoms with Crippen LogP contribution in [0.4, 0.5) is 0 Å². The maximum Gasteiger partial charge on any atom is 0.306 e. The number of allylic oxidation sites excluding steroid dienone is 6. The third-order valence-corrected chi connectivity index (χ3v) is 7.45. The Morgan fingerprint density at radius 2 is 1.02 bits per heavy atom. The summed E-state index contributed by atoms with van der Waals surface area (Å²) in [7, 11) is 0.